The zero-order valence-corrected chi connectivity index (χ0v) is 8.75. The number of halogens is 2. The van der Waals surface area contributed by atoms with Gasteiger partial charge in [0.2, 0.25) is 0 Å². The van der Waals surface area contributed by atoms with Gasteiger partial charge in [-0.1, -0.05) is 23.2 Å². The van der Waals surface area contributed by atoms with E-state index in [4.69, 9.17) is 28.9 Å². The molecule has 0 spiro atoms. The van der Waals surface area contributed by atoms with E-state index in [9.17, 15) is 0 Å². The summed E-state index contributed by atoms with van der Waals surface area (Å²) in [5.41, 5.74) is 6.51. The van der Waals surface area contributed by atoms with Crippen molar-refractivity contribution in [2.24, 2.45) is 5.73 Å². The second-order valence-electron chi connectivity index (χ2n) is 2.17. The molecule has 0 aliphatic rings. The van der Waals surface area contributed by atoms with Crippen LogP contribution in [0.5, 0.6) is 0 Å². The summed E-state index contributed by atoms with van der Waals surface area (Å²) in [6.07, 6.45) is 4.98. The highest BCUT2D eigenvalue weighted by atomic mass is 35.5. The van der Waals surface area contributed by atoms with Crippen molar-refractivity contribution in [2.75, 3.05) is 6.26 Å². The second kappa shape index (κ2) is 4.33. The van der Waals surface area contributed by atoms with Crippen molar-refractivity contribution in [3.05, 3.63) is 28.0 Å². The van der Waals surface area contributed by atoms with Gasteiger partial charge in [0.15, 0.2) is 0 Å². The SMILES string of the molecule is CSC(N)c1c(Cl)cncc1Cl. The highest BCUT2D eigenvalue weighted by Gasteiger charge is 2.12. The number of pyridine rings is 1. The van der Waals surface area contributed by atoms with E-state index in [-0.39, 0.29) is 5.37 Å². The van der Waals surface area contributed by atoms with E-state index >= 15 is 0 Å². The van der Waals surface area contributed by atoms with Crippen LogP contribution in [0.2, 0.25) is 10.0 Å². The normalized spacial score (nSPS) is 13.0. The van der Waals surface area contributed by atoms with Crippen LogP contribution in [-0.4, -0.2) is 11.2 Å². The number of aromatic nitrogens is 1. The fraction of sp³-hybridized carbons (Fsp3) is 0.286. The molecule has 0 radical (unpaired) electrons. The molecule has 0 aliphatic heterocycles. The average Bonchev–Trinajstić information content (AvgIpc) is 2.03. The lowest BCUT2D eigenvalue weighted by Gasteiger charge is -2.11. The highest BCUT2D eigenvalue weighted by Crippen LogP contribution is 2.32. The van der Waals surface area contributed by atoms with Gasteiger partial charge in [-0.15, -0.1) is 11.8 Å². The standard InChI is InChI=1S/C7H8Cl2N2S/c1-12-7(10)6-4(8)2-11-3-5(6)9/h2-3,7H,10H2,1H3. The molecule has 1 aromatic heterocycles. The average molecular weight is 223 g/mol. The summed E-state index contributed by atoms with van der Waals surface area (Å²) in [4.78, 5) is 3.83. The van der Waals surface area contributed by atoms with Crippen LogP contribution in [0.15, 0.2) is 12.4 Å². The fourth-order valence-electron chi connectivity index (χ4n) is 0.811. The minimum atomic E-state index is -0.187. The molecule has 0 aliphatic carbocycles. The van der Waals surface area contributed by atoms with E-state index < -0.39 is 0 Å². The second-order valence-corrected chi connectivity index (χ2v) is 3.97. The molecule has 1 heterocycles. The predicted octanol–water partition coefficient (Wildman–Crippen LogP) is 2.71. The Hall–Kier alpha value is 0.0400. The van der Waals surface area contributed by atoms with Crippen LogP contribution in [0.25, 0.3) is 0 Å². The number of nitrogens with two attached hydrogens (primary N) is 1. The Morgan fingerprint density at radius 2 is 1.92 bits per heavy atom. The van der Waals surface area contributed by atoms with Crippen molar-refractivity contribution in [1.29, 1.82) is 0 Å². The minimum absolute atomic E-state index is 0.187. The molecule has 0 saturated heterocycles. The van der Waals surface area contributed by atoms with Gasteiger partial charge in [0.05, 0.1) is 15.4 Å². The summed E-state index contributed by atoms with van der Waals surface area (Å²) in [5.74, 6) is 0. The number of thioether (sulfide) groups is 1. The third-order valence-corrected chi connectivity index (χ3v) is 2.77. The number of rotatable bonds is 2. The molecule has 1 unspecified atom stereocenters. The first kappa shape index (κ1) is 10.1. The van der Waals surface area contributed by atoms with E-state index in [1.54, 1.807) is 12.4 Å². The van der Waals surface area contributed by atoms with E-state index in [1.165, 1.54) is 11.8 Å². The third kappa shape index (κ3) is 2.04. The molecule has 1 aromatic rings. The lowest BCUT2D eigenvalue weighted by Crippen LogP contribution is -2.06. The monoisotopic (exact) mass is 222 g/mol. The molecule has 1 atom stereocenters. The zero-order chi connectivity index (χ0) is 9.14. The first-order valence-electron chi connectivity index (χ1n) is 3.24. The first-order chi connectivity index (χ1) is 5.66. The maximum atomic E-state index is 5.86. The summed E-state index contributed by atoms with van der Waals surface area (Å²) in [7, 11) is 0. The van der Waals surface area contributed by atoms with Gasteiger partial charge in [-0.25, -0.2) is 0 Å². The van der Waals surface area contributed by atoms with Crippen molar-refractivity contribution in [2.45, 2.75) is 5.37 Å². The van der Waals surface area contributed by atoms with Gasteiger partial charge in [-0.2, -0.15) is 0 Å². The summed E-state index contributed by atoms with van der Waals surface area (Å²) in [6.45, 7) is 0. The van der Waals surface area contributed by atoms with Crippen LogP contribution in [-0.2, 0) is 0 Å². The van der Waals surface area contributed by atoms with Crippen LogP contribution < -0.4 is 5.73 Å². The van der Waals surface area contributed by atoms with E-state index in [2.05, 4.69) is 4.98 Å². The molecule has 0 bridgehead atoms. The lowest BCUT2D eigenvalue weighted by atomic mass is 10.3. The summed E-state index contributed by atoms with van der Waals surface area (Å²) in [5, 5.41) is 0.849. The Morgan fingerprint density at radius 1 is 1.42 bits per heavy atom. The predicted molar refractivity (Wildman–Crippen MR) is 54.7 cm³/mol. The molecule has 2 nitrogen and oxygen atoms in total. The lowest BCUT2D eigenvalue weighted by molar-refractivity contribution is 1.03. The molecule has 0 amide bonds. The van der Waals surface area contributed by atoms with Crippen molar-refractivity contribution in [1.82, 2.24) is 4.98 Å². The Kier molecular flexibility index (Phi) is 3.65. The molecular weight excluding hydrogens is 215 g/mol. The van der Waals surface area contributed by atoms with Crippen molar-refractivity contribution in [3.63, 3.8) is 0 Å². The molecule has 0 fully saturated rings. The number of nitrogens with zero attached hydrogens (tertiary/aromatic N) is 1. The van der Waals surface area contributed by atoms with Gasteiger partial charge in [0.1, 0.15) is 0 Å². The van der Waals surface area contributed by atoms with Crippen LogP contribution in [0.3, 0.4) is 0 Å². The molecule has 12 heavy (non-hydrogen) atoms. The third-order valence-electron chi connectivity index (χ3n) is 1.43. The topological polar surface area (TPSA) is 38.9 Å². The smallest absolute Gasteiger partial charge is 0.0791 e. The quantitative estimate of drug-likeness (QED) is 0.783. The minimum Gasteiger partial charge on any atom is -0.316 e. The van der Waals surface area contributed by atoms with Crippen LogP contribution >= 0.6 is 35.0 Å². The first-order valence-corrected chi connectivity index (χ1v) is 5.28. The van der Waals surface area contributed by atoms with E-state index in [1.807, 2.05) is 6.26 Å². The molecule has 2 N–H and O–H groups in total. The van der Waals surface area contributed by atoms with Gasteiger partial charge >= 0.3 is 0 Å². The van der Waals surface area contributed by atoms with E-state index in [0.29, 0.717) is 10.0 Å². The van der Waals surface area contributed by atoms with Crippen LogP contribution in [0, 0.1) is 0 Å². The molecule has 5 heteroatoms. The number of hydrogen-bond acceptors (Lipinski definition) is 3. The molecule has 1 rings (SSSR count). The van der Waals surface area contributed by atoms with Crippen LogP contribution in [0.4, 0.5) is 0 Å². The van der Waals surface area contributed by atoms with Gasteiger partial charge in [-0.05, 0) is 6.26 Å². The Labute approximate surface area is 85.5 Å². The zero-order valence-electron chi connectivity index (χ0n) is 6.42. The molecule has 66 valence electrons. The molecular formula is C7H8Cl2N2S. The fourth-order valence-corrected chi connectivity index (χ4v) is 2.03. The van der Waals surface area contributed by atoms with Crippen molar-refractivity contribution in [3.8, 4) is 0 Å². The summed E-state index contributed by atoms with van der Waals surface area (Å²) in [6, 6.07) is 0. The van der Waals surface area contributed by atoms with Gasteiger partial charge in [-0.3, -0.25) is 4.98 Å². The maximum absolute atomic E-state index is 5.86. The molecule has 0 aromatic carbocycles. The van der Waals surface area contributed by atoms with Crippen molar-refractivity contribution >= 4 is 35.0 Å². The number of hydrogen-bond donors (Lipinski definition) is 1. The Morgan fingerprint density at radius 3 is 2.33 bits per heavy atom. The Balaban J connectivity index is 3.12. The maximum Gasteiger partial charge on any atom is 0.0791 e. The van der Waals surface area contributed by atoms with Gasteiger partial charge in [0, 0.05) is 18.0 Å². The van der Waals surface area contributed by atoms with Gasteiger partial charge in [0.25, 0.3) is 0 Å². The van der Waals surface area contributed by atoms with Gasteiger partial charge < -0.3 is 5.73 Å². The highest BCUT2D eigenvalue weighted by molar-refractivity contribution is 7.98. The summed E-state index contributed by atoms with van der Waals surface area (Å²) >= 11 is 13.2. The van der Waals surface area contributed by atoms with Crippen LogP contribution in [0.1, 0.15) is 10.9 Å². The largest absolute Gasteiger partial charge is 0.316 e. The van der Waals surface area contributed by atoms with Crippen molar-refractivity contribution < 1.29 is 0 Å². The van der Waals surface area contributed by atoms with E-state index in [0.717, 1.165) is 5.56 Å². The Bertz CT molecular complexity index is 260. The molecule has 0 saturated carbocycles. The summed E-state index contributed by atoms with van der Waals surface area (Å²) < 4.78 is 0.